The molecule has 2 N–H and O–H groups in total. The van der Waals surface area contributed by atoms with Crippen LogP contribution in [-0.2, 0) is 6.42 Å². The van der Waals surface area contributed by atoms with Gasteiger partial charge in [0.05, 0.1) is 6.10 Å². The third kappa shape index (κ3) is 3.73. The van der Waals surface area contributed by atoms with E-state index in [0.717, 1.165) is 24.0 Å². The van der Waals surface area contributed by atoms with Crippen LogP contribution in [0.3, 0.4) is 0 Å². The first-order valence-electron chi connectivity index (χ1n) is 7.56. The van der Waals surface area contributed by atoms with Crippen LogP contribution in [0.1, 0.15) is 44.2 Å². The number of aryl methyl sites for hydroxylation is 1. The van der Waals surface area contributed by atoms with Gasteiger partial charge in [-0.25, -0.2) is 0 Å². The monoisotopic (exact) mass is 261 g/mol. The van der Waals surface area contributed by atoms with Crippen LogP contribution in [0.25, 0.3) is 0 Å². The van der Waals surface area contributed by atoms with Crippen molar-refractivity contribution in [2.75, 3.05) is 6.54 Å². The molecule has 3 atom stereocenters. The molecule has 1 aliphatic carbocycles. The van der Waals surface area contributed by atoms with Gasteiger partial charge in [-0.15, -0.1) is 0 Å². The van der Waals surface area contributed by atoms with Gasteiger partial charge in [0, 0.05) is 0 Å². The number of hydrogen-bond acceptors (Lipinski definition) is 2. The average Bonchev–Trinajstić information content (AvgIpc) is 2.37. The molecule has 0 saturated heterocycles. The molecule has 0 amide bonds. The zero-order chi connectivity index (χ0) is 13.8. The van der Waals surface area contributed by atoms with Crippen molar-refractivity contribution in [3.8, 4) is 5.75 Å². The lowest BCUT2D eigenvalue weighted by atomic mass is 9.80. The smallest absolute Gasteiger partial charge is 0.122 e. The molecule has 2 nitrogen and oxygen atoms in total. The van der Waals surface area contributed by atoms with Crippen LogP contribution < -0.4 is 10.5 Å². The number of nitrogens with two attached hydrogens (primary N) is 1. The van der Waals surface area contributed by atoms with Gasteiger partial charge in [-0.2, -0.15) is 0 Å². The normalized spacial score (nSPS) is 27.3. The molecule has 2 rings (SSSR count). The third-order valence-electron chi connectivity index (χ3n) is 4.47. The second kappa shape index (κ2) is 6.42. The third-order valence-corrected chi connectivity index (χ3v) is 4.47. The fourth-order valence-corrected chi connectivity index (χ4v) is 2.96. The van der Waals surface area contributed by atoms with Crippen LogP contribution in [0.4, 0.5) is 0 Å². The van der Waals surface area contributed by atoms with Crippen molar-refractivity contribution in [2.45, 2.75) is 52.6 Å². The molecule has 0 aromatic heterocycles. The van der Waals surface area contributed by atoms with Crippen molar-refractivity contribution < 1.29 is 4.74 Å². The average molecular weight is 261 g/mol. The van der Waals surface area contributed by atoms with E-state index in [4.69, 9.17) is 10.5 Å². The first-order chi connectivity index (χ1) is 9.10. The summed E-state index contributed by atoms with van der Waals surface area (Å²) in [7, 11) is 0. The zero-order valence-electron chi connectivity index (χ0n) is 12.5. The lowest BCUT2D eigenvalue weighted by molar-refractivity contribution is 0.0997. The van der Waals surface area contributed by atoms with Crippen molar-refractivity contribution in [2.24, 2.45) is 17.6 Å². The van der Waals surface area contributed by atoms with Crippen LogP contribution in [0.15, 0.2) is 18.2 Å². The van der Waals surface area contributed by atoms with Crippen LogP contribution in [-0.4, -0.2) is 12.6 Å². The largest absolute Gasteiger partial charge is 0.490 e. The predicted octanol–water partition coefficient (Wildman–Crippen LogP) is 3.70. The first kappa shape index (κ1) is 14.4. The summed E-state index contributed by atoms with van der Waals surface area (Å²) >= 11 is 0. The van der Waals surface area contributed by atoms with Crippen molar-refractivity contribution >= 4 is 0 Å². The Morgan fingerprint density at radius 2 is 2.00 bits per heavy atom. The maximum Gasteiger partial charge on any atom is 0.122 e. The van der Waals surface area contributed by atoms with Gasteiger partial charge in [0.1, 0.15) is 5.75 Å². The summed E-state index contributed by atoms with van der Waals surface area (Å²) in [4.78, 5) is 0. The Hall–Kier alpha value is -1.02. The van der Waals surface area contributed by atoms with E-state index in [9.17, 15) is 0 Å². The Morgan fingerprint density at radius 3 is 2.68 bits per heavy atom. The molecular formula is C17H27NO. The van der Waals surface area contributed by atoms with Crippen LogP contribution in [0, 0.1) is 18.8 Å². The summed E-state index contributed by atoms with van der Waals surface area (Å²) in [5.74, 6) is 2.64. The van der Waals surface area contributed by atoms with Crippen molar-refractivity contribution in [1.29, 1.82) is 0 Å². The fourth-order valence-electron chi connectivity index (χ4n) is 2.96. The van der Waals surface area contributed by atoms with E-state index in [0.29, 0.717) is 12.6 Å². The molecule has 3 unspecified atom stereocenters. The van der Waals surface area contributed by atoms with Gasteiger partial charge in [0.2, 0.25) is 0 Å². The highest BCUT2D eigenvalue weighted by Gasteiger charge is 2.26. The molecule has 1 aromatic carbocycles. The highest BCUT2D eigenvalue weighted by atomic mass is 16.5. The van der Waals surface area contributed by atoms with Gasteiger partial charge >= 0.3 is 0 Å². The molecule has 0 radical (unpaired) electrons. The van der Waals surface area contributed by atoms with Gasteiger partial charge in [-0.05, 0) is 62.6 Å². The van der Waals surface area contributed by atoms with E-state index in [1.165, 1.54) is 30.4 Å². The number of rotatable bonds is 4. The number of benzene rings is 1. The highest BCUT2D eigenvalue weighted by Crippen LogP contribution is 2.33. The Bertz CT molecular complexity index is 416. The lowest BCUT2D eigenvalue weighted by Gasteiger charge is -2.32. The SMILES string of the molecule is Cc1ccc(OC2CCC(C)C(C)C2)c(CCN)c1. The minimum absolute atomic E-state index is 0.380. The summed E-state index contributed by atoms with van der Waals surface area (Å²) in [6, 6.07) is 6.45. The van der Waals surface area contributed by atoms with Crippen LogP contribution >= 0.6 is 0 Å². The van der Waals surface area contributed by atoms with Gasteiger partial charge in [0.15, 0.2) is 0 Å². The molecule has 0 spiro atoms. The van der Waals surface area contributed by atoms with Crippen molar-refractivity contribution in [1.82, 2.24) is 0 Å². The van der Waals surface area contributed by atoms with Gasteiger partial charge in [-0.1, -0.05) is 31.5 Å². The molecule has 0 bridgehead atoms. The predicted molar refractivity (Wildman–Crippen MR) is 80.5 cm³/mol. The Kier molecular flexibility index (Phi) is 4.87. The molecule has 0 heterocycles. The minimum atomic E-state index is 0.380. The molecule has 2 heteroatoms. The summed E-state index contributed by atoms with van der Waals surface area (Å²) in [6.45, 7) is 7.49. The molecule has 1 fully saturated rings. The van der Waals surface area contributed by atoms with Gasteiger partial charge < -0.3 is 10.5 Å². The molecule has 0 aliphatic heterocycles. The molecule has 1 aromatic rings. The number of ether oxygens (including phenoxy) is 1. The molecule has 1 saturated carbocycles. The Morgan fingerprint density at radius 1 is 1.21 bits per heavy atom. The van der Waals surface area contributed by atoms with Gasteiger partial charge in [-0.3, -0.25) is 0 Å². The first-order valence-corrected chi connectivity index (χ1v) is 7.56. The summed E-state index contributed by atoms with van der Waals surface area (Å²) in [5.41, 5.74) is 8.23. The molecular weight excluding hydrogens is 234 g/mol. The van der Waals surface area contributed by atoms with Gasteiger partial charge in [0.25, 0.3) is 0 Å². The summed E-state index contributed by atoms with van der Waals surface area (Å²) in [6.07, 6.45) is 4.92. The maximum atomic E-state index is 6.26. The summed E-state index contributed by atoms with van der Waals surface area (Å²) in [5, 5.41) is 0. The fraction of sp³-hybridized carbons (Fsp3) is 0.647. The lowest BCUT2D eigenvalue weighted by Crippen LogP contribution is -2.29. The van der Waals surface area contributed by atoms with Crippen molar-refractivity contribution in [3.05, 3.63) is 29.3 Å². The summed E-state index contributed by atoms with van der Waals surface area (Å²) < 4.78 is 6.26. The topological polar surface area (TPSA) is 35.2 Å². The molecule has 1 aliphatic rings. The Balaban J connectivity index is 2.06. The maximum absolute atomic E-state index is 6.26. The Labute approximate surface area is 117 Å². The number of hydrogen-bond donors (Lipinski definition) is 1. The van der Waals surface area contributed by atoms with E-state index in [2.05, 4.69) is 39.0 Å². The quantitative estimate of drug-likeness (QED) is 0.897. The molecule has 19 heavy (non-hydrogen) atoms. The van der Waals surface area contributed by atoms with Crippen LogP contribution in [0.2, 0.25) is 0 Å². The minimum Gasteiger partial charge on any atom is -0.490 e. The highest BCUT2D eigenvalue weighted by molar-refractivity contribution is 5.37. The van der Waals surface area contributed by atoms with E-state index < -0.39 is 0 Å². The standard InChI is InChI=1S/C17H27NO/c1-12-4-7-17(15(10-12)8-9-18)19-16-6-5-13(2)14(3)11-16/h4,7,10,13-14,16H,5-6,8-9,11,18H2,1-3H3. The van der Waals surface area contributed by atoms with E-state index in [1.807, 2.05) is 0 Å². The van der Waals surface area contributed by atoms with Crippen molar-refractivity contribution in [3.63, 3.8) is 0 Å². The molecule has 106 valence electrons. The van der Waals surface area contributed by atoms with E-state index >= 15 is 0 Å². The van der Waals surface area contributed by atoms with E-state index in [1.54, 1.807) is 0 Å². The second-order valence-electron chi connectivity index (χ2n) is 6.16. The zero-order valence-corrected chi connectivity index (χ0v) is 12.5. The van der Waals surface area contributed by atoms with E-state index in [-0.39, 0.29) is 0 Å². The second-order valence-corrected chi connectivity index (χ2v) is 6.16. The van der Waals surface area contributed by atoms with Crippen LogP contribution in [0.5, 0.6) is 5.75 Å².